The number of carbonyl (C=O) groups is 1. The lowest BCUT2D eigenvalue weighted by molar-refractivity contribution is 0.0930. The highest BCUT2D eigenvalue weighted by Crippen LogP contribution is 2.44. The second-order valence-corrected chi connectivity index (χ2v) is 10.9. The largest absolute Gasteiger partial charge is 0.496 e. The molecular formula is C29H35N7O3. The monoisotopic (exact) mass is 529 g/mol. The molecule has 0 unspecified atom stereocenters. The van der Waals surface area contributed by atoms with Gasteiger partial charge in [-0.2, -0.15) is 5.10 Å². The number of aromatic amines is 1. The van der Waals surface area contributed by atoms with Crippen molar-refractivity contribution in [3.63, 3.8) is 0 Å². The van der Waals surface area contributed by atoms with Gasteiger partial charge in [-0.1, -0.05) is 6.92 Å². The number of nitrogens with zero attached hydrogens (tertiary/aromatic N) is 4. The minimum absolute atomic E-state index is 0.0845. The molecule has 2 aliphatic rings. The van der Waals surface area contributed by atoms with E-state index >= 15 is 0 Å². The summed E-state index contributed by atoms with van der Waals surface area (Å²) in [5.41, 5.74) is 7.19. The summed E-state index contributed by atoms with van der Waals surface area (Å²) < 4.78 is 7.84. The number of carbonyl (C=O) groups excluding carboxylic acids is 1. The Bertz CT molecular complexity index is 1640. The number of allylic oxidation sites excluding steroid dienone is 1. The number of fused-ring (bicyclic) bond motifs is 3. The molecule has 4 aromatic rings. The molecule has 0 saturated heterocycles. The molecule has 204 valence electrons. The van der Waals surface area contributed by atoms with E-state index in [0.29, 0.717) is 29.6 Å². The van der Waals surface area contributed by atoms with E-state index in [-0.39, 0.29) is 11.6 Å². The van der Waals surface area contributed by atoms with Crippen molar-refractivity contribution in [3.05, 3.63) is 41.0 Å². The normalized spacial score (nSPS) is 16.8. The number of hydroxylamine groups is 1. The fourth-order valence-electron chi connectivity index (χ4n) is 5.49. The van der Waals surface area contributed by atoms with Crippen molar-refractivity contribution in [1.29, 1.82) is 0 Å². The molecule has 3 N–H and O–H groups in total. The molecule has 39 heavy (non-hydrogen) atoms. The van der Waals surface area contributed by atoms with Gasteiger partial charge in [-0.3, -0.25) is 4.79 Å². The van der Waals surface area contributed by atoms with E-state index in [0.717, 1.165) is 57.7 Å². The van der Waals surface area contributed by atoms with Crippen molar-refractivity contribution < 1.29 is 14.4 Å². The number of ether oxygens (including phenoxy) is 1. The fraction of sp³-hybridized carbons (Fsp3) is 0.448. The summed E-state index contributed by atoms with van der Waals surface area (Å²) in [6, 6.07) is 6.17. The maximum absolute atomic E-state index is 12.9. The number of ketones is 1. The summed E-state index contributed by atoms with van der Waals surface area (Å²) in [5.74, 6) is 3.56. The second kappa shape index (κ2) is 9.37. The van der Waals surface area contributed by atoms with Crippen LogP contribution in [0.4, 0.5) is 11.6 Å². The molecule has 1 aliphatic heterocycles. The van der Waals surface area contributed by atoms with Gasteiger partial charge in [-0.15, -0.1) is 5.48 Å². The van der Waals surface area contributed by atoms with Crippen molar-refractivity contribution in [1.82, 2.24) is 30.2 Å². The number of H-pyrrole nitrogens is 1. The number of hydrogen-bond donors (Lipinski definition) is 3. The Morgan fingerprint density at radius 1 is 1.23 bits per heavy atom. The summed E-state index contributed by atoms with van der Waals surface area (Å²) in [4.78, 5) is 31.5. The number of anilines is 2. The van der Waals surface area contributed by atoms with Gasteiger partial charge in [0.15, 0.2) is 11.6 Å². The highest BCUT2D eigenvalue weighted by atomic mass is 16.7. The Balaban J connectivity index is 1.56. The lowest BCUT2D eigenvalue weighted by Crippen LogP contribution is -2.34. The van der Waals surface area contributed by atoms with Gasteiger partial charge in [-0.05, 0) is 59.1 Å². The molecular weight excluding hydrogens is 494 g/mol. The molecule has 6 rings (SSSR count). The van der Waals surface area contributed by atoms with Gasteiger partial charge in [0.1, 0.15) is 28.8 Å². The molecule has 10 nitrogen and oxygen atoms in total. The number of benzene rings is 1. The topological polar surface area (TPSA) is 119 Å². The number of nitrogens with one attached hydrogen (secondary N) is 3. The quantitative estimate of drug-likeness (QED) is 0.226. The van der Waals surface area contributed by atoms with Crippen molar-refractivity contribution in [2.75, 3.05) is 12.4 Å². The van der Waals surface area contributed by atoms with Crippen molar-refractivity contribution in [3.8, 4) is 5.75 Å². The molecule has 1 fully saturated rings. The van der Waals surface area contributed by atoms with Crippen LogP contribution in [0.15, 0.2) is 24.0 Å². The number of aromatic nitrogens is 5. The zero-order valence-electron chi connectivity index (χ0n) is 23.4. The predicted molar refractivity (Wildman–Crippen MR) is 151 cm³/mol. The van der Waals surface area contributed by atoms with Crippen LogP contribution in [-0.4, -0.2) is 43.2 Å². The Labute approximate surface area is 227 Å². The van der Waals surface area contributed by atoms with Crippen LogP contribution in [0, 0.1) is 0 Å². The molecule has 0 bridgehead atoms. The molecule has 0 spiro atoms. The first-order chi connectivity index (χ1) is 18.7. The van der Waals surface area contributed by atoms with Crippen LogP contribution in [0.1, 0.15) is 88.1 Å². The Hall–Kier alpha value is -3.92. The van der Waals surface area contributed by atoms with E-state index in [2.05, 4.69) is 53.7 Å². The molecule has 1 saturated carbocycles. The first-order valence-electron chi connectivity index (χ1n) is 13.7. The van der Waals surface area contributed by atoms with Crippen LogP contribution in [-0.2, 0) is 11.4 Å². The van der Waals surface area contributed by atoms with Gasteiger partial charge in [-0.25, -0.2) is 14.6 Å². The van der Waals surface area contributed by atoms with Gasteiger partial charge in [0.2, 0.25) is 0 Å². The number of aryl methyl sites for hydroxylation is 1. The average Bonchev–Trinajstić information content (AvgIpc) is 3.49. The molecule has 1 aromatic carbocycles. The average molecular weight is 530 g/mol. The van der Waals surface area contributed by atoms with Crippen LogP contribution in [0.2, 0.25) is 0 Å². The van der Waals surface area contributed by atoms with Gasteiger partial charge >= 0.3 is 0 Å². The lowest BCUT2D eigenvalue weighted by Gasteiger charge is -2.22. The van der Waals surface area contributed by atoms with Crippen LogP contribution >= 0.6 is 0 Å². The lowest BCUT2D eigenvalue weighted by atomic mass is 9.87. The van der Waals surface area contributed by atoms with E-state index in [9.17, 15) is 4.79 Å². The van der Waals surface area contributed by atoms with E-state index in [1.54, 1.807) is 7.11 Å². The van der Waals surface area contributed by atoms with Crippen LogP contribution in [0.3, 0.4) is 0 Å². The summed E-state index contributed by atoms with van der Waals surface area (Å²) in [7, 11) is 1.67. The van der Waals surface area contributed by atoms with E-state index in [1.807, 2.05) is 24.6 Å². The molecule has 10 heteroatoms. The number of rotatable bonds is 9. The van der Waals surface area contributed by atoms with Crippen molar-refractivity contribution >= 4 is 44.9 Å². The standard InChI is InChI=1S/C29H35N7O3/c1-7-9-21(37)26-32-27-24(28(33-26)31-23-14-19(16-10-11-16)34-36(23)8-2)17-13-22(38-6)18(12-20(17)30-27)25-15(3)39-35-29(25,4)5/h12-14,16,35H,7-11H2,1-6H3,(H2,30,31,32,33). The zero-order chi connectivity index (χ0) is 27.5. The number of methoxy groups -OCH3 is 1. The molecule has 0 atom stereocenters. The molecule has 0 amide bonds. The highest BCUT2D eigenvalue weighted by Gasteiger charge is 2.36. The first-order valence-corrected chi connectivity index (χ1v) is 13.7. The molecule has 3 aromatic heterocycles. The van der Waals surface area contributed by atoms with Gasteiger partial charge in [0.05, 0.1) is 23.7 Å². The summed E-state index contributed by atoms with van der Waals surface area (Å²) in [5, 5.41) is 10.0. The fourth-order valence-corrected chi connectivity index (χ4v) is 5.49. The SMILES string of the molecule is CCCC(=O)c1nc(Nc2cc(C3CC3)nn2CC)c2c(n1)[nH]c1cc(C3=C(C)ONC3(C)C)c(OC)cc12. The Morgan fingerprint density at radius 3 is 2.67 bits per heavy atom. The third-order valence-corrected chi connectivity index (χ3v) is 7.54. The smallest absolute Gasteiger partial charge is 0.200 e. The predicted octanol–water partition coefficient (Wildman–Crippen LogP) is 5.98. The molecule has 4 heterocycles. The first kappa shape index (κ1) is 25.4. The minimum atomic E-state index is -0.402. The maximum atomic E-state index is 12.9. The summed E-state index contributed by atoms with van der Waals surface area (Å²) in [6.45, 7) is 10.8. The Morgan fingerprint density at radius 2 is 2.03 bits per heavy atom. The Kier molecular flexibility index (Phi) is 6.10. The zero-order valence-corrected chi connectivity index (χ0v) is 23.4. The number of hydrogen-bond acceptors (Lipinski definition) is 8. The van der Waals surface area contributed by atoms with Crippen molar-refractivity contribution in [2.24, 2.45) is 0 Å². The summed E-state index contributed by atoms with van der Waals surface area (Å²) >= 11 is 0. The highest BCUT2D eigenvalue weighted by molar-refractivity contribution is 6.13. The third kappa shape index (κ3) is 4.32. The van der Waals surface area contributed by atoms with Crippen molar-refractivity contribution in [2.45, 2.75) is 78.3 Å². The van der Waals surface area contributed by atoms with E-state index in [4.69, 9.17) is 19.7 Å². The number of Topliss-reactive ketones (excluding diaryl/α,β-unsaturated/α-hetero) is 1. The summed E-state index contributed by atoms with van der Waals surface area (Å²) in [6.07, 6.45) is 3.46. The molecule has 0 radical (unpaired) electrons. The van der Waals surface area contributed by atoms with E-state index < -0.39 is 5.54 Å². The van der Waals surface area contributed by atoms with Gasteiger partial charge in [0, 0.05) is 47.0 Å². The van der Waals surface area contributed by atoms with E-state index in [1.165, 1.54) is 12.8 Å². The third-order valence-electron chi connectivity index (χ3n) is 7.54. The second-order valence-electron chi connectivity index (χ2n) is 10.9. The van der Waals surface area contributed by atoms with Crippen LogP contribution < -0.4 is 15.5 Å². The van der Waals surface area contributed by atoms with Gasteiger partial charge in [0.25, 0.3) is 0 Å². The maximum Gasteiger partial charge on any atom is 0.200 e. The van der Waals surface area contributed by atoms with Crippen LogP contribution in [0.25, 0.3) is 27.5 Å². The molecule has 1 aliphatic carbocycles. The minimum Gasteiger partial charge on any atom is -0.496 e. The van der Waals surface area contributed by atoms with Gasteiger partial charge < -0.3 is 19.9 Å². The van der Waals surface area contributed by atoms with Crippen LogP contribution in [0.5, 0.6) is 5.75 Å².